The summed E-state index contributed by atoms with van der Waals surface area (Å²) >= 11 is 0. The maximum Gasteiger partial charge on any atom is 0.270 e. The third-order valence-electron chi connectivity index (χ3n) is 1.87. The second-order valence-corrected chi connectivity index (χ2v) is 2.93. The fraction of sp³-hybridized carbons (Fsp3) is 0.400. The van der Waals surface area contributed by atoms with Crippen molar-refractivity contribution in [1.29, 1.82) is 0 Å². The highest BCUT2D eigenvalue weighted by atomic mass is 16.5. The second-order valence-electron chi connectivity index (χ2n) is 2.93. The molecule has 1 amide bonds. The van der Waals surface area contributed by atoms with E-state index in [9.17, 15) is 4.79 Å². The summed E-state index contributed by atoms with van der Waals surface area (Å²) in [5, 5.41) is 5.64. The maximum absolute atomic E-state index is 11.5. The largest absolute Gasteiger partial charge is 0.388 e. The summed E-state index contributed by atoms with van der Waals surface area (Å²) in [6.45, 7) is 0.984. The lowest BCUT2D eigenvalue weighted by Gasteiger charge is -2.05. The van der Waals surface area contributed by atoms with Gasteiger partial charge in [0.25, 0.3) is 5.91 Å². The van der Waals surface area contributed by atoms with Crippen LogP contribution >= 0.6 is 0 Å². The Kier molecular flexibility index (Phi) is 4.56. The topological polar surface area (TPSA) is 63.2 Å². The Bertz CT molecular complexity index is 328. The quantitative estimate of drug-likeness (QED) is 0.693. The van der Waals surface area contributed by atoms with Crippen LogP contribution in [0, 0.1) is 0 Å². The van der Waals surface area contributed by atoms with E-state index >= 15 is 0 Å². The first kappa shape index (κ1) is 11.5. The highest BCUT2D eigenvalue weighted by Gasteiger charge is 2.06. The standard InChI is InChI=1S/C10H15N3O2/c1-11-8-3-4-12-9(7-8)10(14)13-5-6-15-2/h3-4,7H,5-6H2,1-2H3,(H,11,12)(H,13,14). The van der Waals surface area contributed by atoms with Gasteiger partial charge in [-0.3, -0.25) is 9.78 Å². The molecular weight excluding hydrogens is 194 g/mol. The van der Waals surface area contributed by atoms with Crippen LogP contribution in [0.2, 0.25) is 0 Å². The van der Waals surface area contributed by atoms with Crippen molar-refractivity contribution in [2.24, 2.45) is 0 Å². The van der Waals surface area contributed by atoms with Crippen molar-refractivity contribution in [3.05, 3.63) is 24.0 Å². The first-order valence-electron chi connectivity index (χ1n) is 4.69. The van der Waals surface area contributed by atoms with E-state index in [1.165, 1.54) is 0 Å². The Morgan fingerprint density at radius 1 is 1.60 bits per heavy atom. The molecule has 0 aromatic carbocycles. The molecule has 2 N–H and O–H groups in total. The van der Waals surface area contributed by atoms with Crippen LogP contribution in [0.4, 0.5) is 5.69 Å². The summed E-state index contributed by atoms with van der Waals surface area (Å²) in [6, 6.07) is 3.49. The van der Waals surface area contributed by atoms with Gasteiger partial charge in [0.1, 0.15) is 5.69 Å². The monoisotopic (exact) mass is 209 g/mol. The average molecular weight is 209 g/mol. The molecule has 0 saturated carbocycles. The molecule has 0 atom stereocenters. The molecule has 15 heavy (non-hydrogen) atoms. The van der Waals surface area contributed by atoms with E-state index in [1.807, 2.05) is 0 Å². The SMILES string of the molecule is CNc1ccnc(C(=O)NCCOC)c1. The number of carbonyl (C=O) groups is 1. The van der Waals surface area contributed by atoms with E-state index in [0.717, 1.165) is 5.69 Å². The number of amides is 1. The van der Waals surface area contributed by atoms with Gasteiger partial charge in [0.05, 0.1) is 6.61 Å². The fourth-order valence-electron chi connectivity index (χ4n) is 1.07. The van der Waals surface area contributed by atoms with E-state index in [2.05, 4.69) is 15.6 Å². The highest BCUT2D eigenvalue weighted by molar-refractivity contribution is 5.93. The summed E-state index contributed by atoms with van der Waals surface area (Å²) in [5.41, 5.74) is 1.26. The Morgan fingerprint density at radius 3 is 3.07 bits per heavy atom. The fourth-order valence-corrected chi connectivity index (χ4v) is 1.07. The zero-order valence-corrected chi connectivity index (χ0v) is 8.91. The van der Waals surface area contributed by atoms with Crippen LogP contribution < -0.4 is 10.6 Å². The van der Waals surface area contributed by atoms with Gasteiger partial charge in [-0.05, 0) is 12.1 Å². The minimum Gasteiger partial charge on any atom is -0.388 e. The maximum atomic E-state index is 11.5. The molecule has 0 saturated heterocycles. The van der Waals surface area contributed by atoms with Crippen LogP contribution in [0.3, 0.4) is 0 Å². The molecular formula is C10H15N3O2. The summed E-state index contributed by atoms with van der Waals surface area (Å²) in [4.78, 5) is 15.5. The van der Waals surface area contributed by atoms with E-state index < -0.39 is 0 Å². The van der Waals surface area contributed by atoms with Gasteiger partial charge in [0.2, 0.25) is 0 Å². The van der Waals surface area contributed by atoms with Crippen molar-refractivity contribution < 1.29 is 9.53 Å². The van der Waals surface area contributed by atoms with Crippen molar-refractivity contribution in [2.75, 3.05) is 32.6 Å². The minimum absolute atomic E-state index is 0.191. The third kappa shape index (κ3) is 3.55. The number of pyridine rings is 1. The molecule has 0 fully saturated rings. The molecule has 0 aliphatic carbocycles. The molecule has 0 bridgehead atoms. The molecule has 0 radical (unpaired) electrons. The minimum atomic E-state index is -0.191. The van der Waals surface area contributed by atoms with Gasteiger partial charge in [0, 0.05) is 32.6 Å². The summed E-state index contributed by atoms with van der Waals surface area (Å²) in [7, 11) is 3.38. The number of carbonyl (C=O) groups excluding carboxylic acids is 1. The number of nitrogens with one attached hydrogen (secondary N) is 2. The third-order valence-corrected chi connectivity index (χ3v) is 1.87. The Balaban J connectivity index is 2.57. The average Bonchev–Trinajstić information content (AvgIpc) is 2.29. The summed E-state index contributed by atoms with van der Waals surface area (Å²) < 4.78 is 4.83. The summed E-state index contributed by atoms with van der Waals surface area (Å²) in [6.07, 6.45) is 1.59. The molecule has 1 heterocycles. The van der Waals surface area contributed by atoms with Crippen LogP contribution in [0.15, 0.2) is 18.3 Å². The van der Waals surface area contributed by atoms with E-state index in [4.69, 9.17) is 4.74 Å². The molecule has 1 aromatic heterocycles. The lowest BCUT2D eigenvalue weighted by atomic mass is 10.3. The number of hydrogen-bond donors (Lipinski definition) is 2. The van der Waals surface area contributed by atoms with Crippen molar-refractivity contribution in [3.63, 3.8) is 0 Å². The molecule has 0 unspecified atom stereocenters. The summed E-state index contributed by atoms with van der Waals surface area (Å²) in [5.74, 6) is -0.191. The molecule has 82 valence electrons. The molecule has 5 heteroatoms. The number of rotatable bonds is 5. The first-order chi connectivity index (χ1) is 7.27. The van der Waals surface area contributed by atoms with Crippen LogP contribution in [0.25, 0.3) is 0 Å². The Morgan fingerprint density at radius 2 is 2.40 bits per heavy atom. The zero-order chi connectivity index (χ0) is 11.1. The molecule has 0 aliphatic heterocycles. The normalized spacial score (nSPS) is 9.73. The molecule has 0 spiro atoms. The van der Waals surface area contributed by atoms with Gasteiger partial charge in [-0.1, -0.05) is 0 Å². The number of nitrogens with zero attached hydrogens (tertiary/aromatic N) is 1. The van der Waals surface area contributed by atoms with E-state index in [1.54, 1.807) is 32.5 Å². The van der Waals surface area contributed by atoms with E-state index in [0.29, 0.717) is 18.8 Å². The number of aromatic nitrogens is 1. The van der Waals surface area contributed by atoms with Gasteiger partial charge in [-0.15, -0.1) is 0 Å². The van der Waals surface area contributed by atoms with Crippen molar-refractivity contribution in [1.82, 2.24) is 10.3 Å². The van der Waals surface area contributed by atoms with Crippen LogP contribution in [0.1, 0.15) is 10.5 Å². The Labute approximate surface area is 88.9 Å². The highest BCUT2D eigenvalue weighted by Crippen LogP contribution is 2.06. The van der Waals surface area contributed by atoms with Crippen LogP contribution in [-0.2, 0) is 4.74 Å². The molecule has 0 aliphatic rings. The molecule has 1 rings (SSSR count). The smallest absolute Gasteiger partial charge is 0.270 e. The predicted octanol–water partition coefficient (Wildman–Crippen LogP) is 0.499. The van der Waals surface area contributed by atoms with E-state index in [-0.39, 0.29) is 5.91 Å². The van der Waals surface area contributed by atoms with Gasteiger partial charge in [-0.2, -0.15) is 0 Å². The number of ether oxygens (including phenoxy) is 1. The van der Waals surface area contributed by atoms with Gasteiger partial charge >= 0.3 is 0 Å². The zero-order valence-electron chi connectivity index (χ0n) is 8.91. The number of anilines is 1. The van der Waals surface area contributed by atoms with Crippen molar-refractivity contribution >= 4 is 11.6 Å². The Hall–Kier alpha value is -1.62. The number of hydrogen-bond acceptors (Lipinski definition) is 4. The molecule has 5 nitrogen and oxygen atoms in total. The van der Waals surface area contributed by atoms with Gasteiger partial charge < -0.3 is 15.4 Å². The van der Waals surface area contributed by atoms with Gasteiger partial charge in [0.15, 0.2) is 0 Å². The second kappa shape index (κ2) is 5.98. The lowest BCUT2D eigenvalue weighted by Crippen LogP contribution is -2.27. The number of methoxy groups -OCH3 is 1. The van der Waals surface area contributed by atoms with Crippen LogP contribution in [-0.4, -0.2) is 38.2 Å². The molecule has 1 aromatic rings. The van der Waals surface area contributed by atoms with Gasteiger partial charge in [-0.25, -0.2) is 0 Å². The van der Waals surface area contributed by atoms with Crippen LogP contribution in [0.5, 0.6) is 0 Å². The van der Waals surface area contributed by atoms with Crippen molar-refractivity contribution in [2.45, 2.75) is 0 Å². The predicted molar refractivity (Wildman–Crippen MR) is 58.0 cm³/mol. The van der Waals surface area contributed by atoms with Crippen molar-refractivity contribution in [3.8, 4) is 0 Å². The lowest BCUT2D eigenvalue weighted by molar-refractivity contribution is 0.0932. The first-order valence-corrected chi connectivity index (χ1v) is 4.69.